The van der Waals surface area contributed by atoms with Gasteiger partial charge in [-0.05, 0) is 35.0 Å². The van der Waals surface area contributed by atoms with E-state index in [4.69, 9.17) is 4.42 Å². The van der Waals surface area contributed by atoms with E-state index in [2.05, 4.69) is 5.32 Å². The van der Waals surface area contributed by atoms with Gasteiger partial charge >= 0.3 is 5.63 Å². The fourth-order valence-corrected chi connectivity index (χ4v) is 4.07. The summed E-state index contributed by atoms with van der Waals surface area (Å²) in [4.78, 5) is 39.9. The molecule has 0 fully saturated rings. The van der Waals surface area contributed by atoms with Crippen molar-refractivity contribution in [3.8, 4) is 5.75 Å². The third-order valence-electron chi connectivity index (χ3n) is 5.74. The van der Waals surface area contributed by atoms with E-state index < -0.39 is 29.1 Å². The van der Waals surface area contributed by atoms with Crippen molar-refractivity contribution in [1.82, 2.24) is 5.32 Å². The van der Waals surface area contributed by atoms with Crippen LogP contribution in [0.2, 0.25) is 0 Å². The largest absolute Gasteiger partial charge is 0.507 e. The zero-order chi connectivity index (χ0) is 23.7. The molecule has 2 N–H and O–H groups in total. The van der Waals surface area contributed by atoms with Gasteiger partial charge in [0.25, 0.3) is 5.91 Å². The maximum Gasteiger partial charge on any atom is 0.345 e. The average Bonchev–Trinajstić information content (AvgIpc) is 2.87. The number of carbonyl (C=O) groups is 2. The van der Waals surface area contributed by atoms with Crippen LogP contribution in [0.15, 0.2) is 106 Å². The van der Waals surface area contributed by atoms with Gasteiger partial charge in [0.1, 0.15) is 22.9 Å². The molecule has 0 saturated carbocycles. The van der Waals surface area contributed by atoms with Crippen molar-refractivity contribution in [2.45, 2.75) is 6.04 Å². The molecule has 0 aliphatic heterocycles. The highest BCUT2D eigenvalue weighted by atomic mass is 16.4. The van der Waals surface area contributed by atoms with E-state index >= 15 is 0 Å². The van der Waals surface area contributed by atoms with Crippen molar-refractivity contribution in [3.63, 3.8) is 0 Å². The van der Waals surface area contributed by atoms with Crippen LogP contribution in [0.4, 0.5) is 0 Å². The van der Waals surface area contributed by atoms with Crippen molar-refractivity contribution < 1.29 is 19.1 Å². The molecule has 166 valence electrons. The molecule has 1 unspecified atom stereocenters. The van der Waals surface area contributed by atoms with Crippen LogP contribution in [0.25, 0.3) is 21.7 Å². The number of aromatic hydroxyl groups is 1. The quantitative estimate of drug-likeness (QED) is 0.291. The molecule has 1 amide bonds. The van der Waals surface area contributed by atoms with E-state index in [1.54, 1.807) is 78.9 Å². The van der Waals surface area contributed by atoms with Crippen molar-refractivity contribution in [2.24, 2.45) is 0 Å². The summed E-state index contributed by atoms with van der Waals surface area (Å²) >= 11 is 0. The van der Waals surface area contributed by atoms with Gasteiger partial charge in [0.2, 0.25) is 0 Å². The Balaban J connectivity index is 1.70. The molecule has 4 aromatic carbocycles. The highest BCUT2D eigenvalue weighted by molar-refractivity contribution is 6.12. The summed E-state index contributed by atoms with van der Waals surface area (Å²) in [6.45, 7) is 0. The Morgan fingerprint density at radius 3 is 2.21 bits per heavy atom. The van der Waals surface area contributed by atoms with Crippen LogP contribution in [-0.4, -0.2) is 16.8 Å². The predicted molar refractivity (Wildman–Crippen MR) is 129 cm³/mol. The number of rotatable bonds is 5. The number of fused-ring (bicyclic) bond motifs is 2. The van der Waals surface area contributed by atoms with E-state index in [9.17, 15) is 19.5 Å². The van der Waals surface area contributed by atoms with E-state index in [1.165, 1.54) is 0 Å². The number of benzene rings is 4. The van der Waals surface area contributed by atoms with Gasteiger partial charge < -0.3 is 14.8 Å². The minimum atomic E-state index is -1.47. The summed E-state index contributed by atoms with van der Waals surface area (Å²) in [5, 5.41) is 15.4. The Kier molecular flexibility index (Phi) is 5.40. The van der Waals surface area contributed by atoms with Gasteiger partial charge in [-0.15, -0.1) is 0 Å². The van der Waals surface area contributed by atoms with Gasteiger partial charge in [-0.25, -0.2) is 4.79 Å². The van der Waals surface area contributed by atoms with Crippen LogP contribution < -0.4 is 10.9 Å². The Hall–Kier alpha value is -4.71. The number of Topliss-reactive ketones (excluding diaryl/α,β-unsaturated/α-hetero) is 1. The van der Waals surface area contributed by atoms with E-state index in [0.29, 0.717) is 16.5 Å². The molecule has 5 rings (SSSR count). The Labute approximate surface area is 194 Å². The normalized spacial score (nSPS) is 11.9. The zero-order valence-corrected chi connectivity index (χ0v) is 17.9. The lowest BCUT2D eigenvalue weighted by Crippen LogP contribution is -2.36. The second-order valence-electron chi connectivity index (χ2n) is 7.81. The van der Waals surface area contributed by atoms with Gasteiger partial charge in [-0.2, -0.15) is 0 Å². The maximum atomic E-state index is 13.9. The first-order valence-corrected chi connectivity index (χ1v) is 10.7. The average molecular weight is 449 g/mol. The number of amides is 1. The minimum Gasteiger partial charge on any atom is -0.507 e. The molecule has 0 spiro atoms. The van der Waals surface area contributed by atoms with Crippen LogP contribution in [0.3, 0.4) is 0 Å². The standard InChI is InChI=1S/C28H19NO5/c30-25-21-14-6-7-16-22(21)34-28(33)23(25)24(29-27(32)18-10-2-1-3-11-18)26(31)20-15-8-12-17-9-4-5-13-19(17)20/h1-16,24,30H,(H,29,32). The number of hydrogen-bond acceptors (Lipinski definition) is 5. The summed E-state index contributed by atoms with van der Waals surface area (Å²) < 4.78 is 5.40. The molecular weight excluding hydrogens is 430 g/mol. The fourth-order valence-electron chi connectivity index (χ4n) is 4.07. The second-order valence-corrected chi connectivity index (χ2v) is 7.81. The predicted octanol–water partition coefficient (Wildman–Crippen LogP) is 5.01. The van der Waals surface area contributed by atoms with Crippen LogP contribution >= 0.6 is 0 Å². The lowest BCUT2D eigenvalue weighted by molar-refractivity contribution is 0.0855. The molecule has 1 atom stereocenters. The smallest absolute Gasteiger partial charge is 0.345 e. The molecule has 0 aliphatic rings. The van der Waals surface area contributed by atoms with Crippen LogP contribution in [0.5, 0.6) is 5.75 Å². The first-order valence-electron chi connectivity index (χ1n) is 10.7. The first-order chi connectivity index (χ1) is 16.5. The molecule has 0 bridgehead atoms. The SMILES string of the molecule is O=C(NC(C(=O)c1cccc2ccccc12)c1c(O)c2ccccc2oc1=O)c1ccccc1. The third kappa shape index (κ3) is 3.71. The number of ketones is 1. The number of nitrogens with one attached hydrogen (secondary N) is 1. The highest BCUT2D eigenvalue weighted by Gasteiger charge is 2.32. The molecule has 5 aromatic rings. The summed E-state index contributed by atoms with van der Waals surface area (Å²) in [5.74, 6) is -1.51. The topological polar surface area (TPSA) is 96.6 Å². The molecule has 6 heteroatoms. The van der Waals surface area contributed by atoms with Crippen molar-refractivity contribution in [1.29, 1.82) is 0 Å². The molecule has 1 aromatic heterocycles. The second kappa shape index (κ2) is 8.67. The Bertz CT molecular complexity index is 1600. The third-order valence-corrected chi connectivity index (χ3v) is 5.74. The van der Waals surface area contributed by atoms with Gasteiger partial charge in [0.15, 0.2) is 5.78 Å². The fraction of sp³-hybridized carbons (Fsp3) is 0.0357. The summed E-state index contributed by atoms with van der Waals surface area (Å²) in [6, 6.07) is 25.9. The number of hydrogen-bond donors (Lipinski definition) is 2. The van der Waals surface area contributed by atoms with Crippen LogP contribution in [0, 0.1) is 0 Å². The lowest BCUT2D eigenvalue weighted by atomic mass is 9.93. The van der Waals surface area contributed by atoms with Crippen LogP contribution in [0.1, 0.15) is 32.3 Å². The number of carbonyl (C=O) groups excluding carboxylic acids is 2. The number of para-hydroxylation sites is 1. The summed E-state index contributed by atoms with van der Waals surface area (Å²) in [7, 11) is 0. The van der Waals surface area contributed by atoms with Gasteiger partial charge in [-0.1, -0.05) is 72.8 Å². The van der Waals surface area contributed by atoms with Crippen LogP contribution in [-0.2, 0) is 0 Å². The molecule has 34 heavy (non-hydrogen) atoms. The first kappa shape index (κ1) is 21.2. The Morgan fingerprint density at radius 2 is 1.41 bits per heavy atom. The molecule has 0 radical (unpaired) electrons. The Morgan fingerprint density at radius 1 is 0.765 bits per heavy atom. The van der Waals surface area contributed by atoms with E-state index in [1.807, 2.05) is 18.2 Å². The highest BCUT2D eigenvalue weighted by Crippen LogP contribution is 2.33. The van der Waals surface area contributed by atoms with E-state index in [-0.39, 0.29) is 16.5 Å². The van der Waals surface area contributed by atoms with Gasteiger partial charge in [0, 0.05) is 11.1 Å². The van der Waals surface area contributed by atoms with Gasteiger partial charge in [-0.3, -0.25) is 9.59 Å². The van der Waals surface area contributed by atoms with Crippen molar-refractivity contribution >= 4 is 33.4 Å². The maximum absolute atomic E-state index is 13.9. The molecule has 0 saturated heterocycles. The van der Waals surface area contributed by atoms with Crippen molar-refractivity contribution in [2.75, 3.05) is 0 Å². The van der Waals surface area contributed by atoms with Crippen molar-refractivity contribution in [3.05, 3.63) is 124 Å². The summed E-state index contributed by atoms with van der Waals surface area (Å²) in [5.41, 5.74) is -0.421. The molecule has 6 nitrogen and oxygen atoms in total. The zero-order valence-electron chi connectivity index (χ0n) is 17.9. The van der Waals surface area contributed by atoms with E-state index in [0.717, 1.165) is 5.39 Å². The molecule has 1 heterocycles. The monoisotopic (exact) mass is 449 g/mol. The lowest BCUT2D eigenvalue weighted by Gasteiger charge is -2.19. The van der Waals surface area contributed by atoms with Gasteiger partial charge in [0.05, 0.1) is 5.39 Å². The minimum absolute atomic E-state index is 0.180. The molecular formula is C28H19NO5. The molecule has 0 aliphatic carbocycles. The summed E-state index contributed by atoms with van der Waals surface area (Å²) in [6.07, 6.45) is 0.